The molecule has 11 atom stereocenters. The summed E-state index contributed by atoms with van der Waals surface area (Å²) in [6, 6.07) is 2.31. The molecule has 0 amide bonds. The molecule has 444 valence electrons. The van der Waals surface area contributed by atoms with Crippen molar-refractivity contribution in [3.63, 3.8) is 0 Å². The minimum absolute atomic E-state index is 0.0290. The fraction of sp³-hybridized carbons (Fsp3) is 0.914. The Kier molecular flexibility index (Phi) is 16.9. The van der Waals surface area contributed by atoms with E-state index in [4.69, 9.17) is 18.9 Å². The maximum Gasteiger partial charge on any atom is 0.426 e. The number of halogens is 9. The second-order valence-electron chi connectivity index (χ2n) is 27.7. The molecule has 6 bridgehead atoms. The summed E-state index contributed by atoms with van der Waals surface area (Å²) in [7, 11) is 0. The van der Waals surface area contributed by atoms with Crippen molar-refractivity contribution < 1.29 is 87.9 Å². The van der Waals surface area contributed by atoms with Gasteiger partial charge in [-0.05, 0) is 211 Å². The largest absolute Gasteiger partial charge is 0.462 e. The number of esters is 4. The summed E-state index contributed by atoms with van der Waals surface area (Å²) in [5.74, 6) is -8.10. The first-order valence-electron chi connectivity index (χ1n) is 28.6. The first-order valence-corrected chi connectivity index (χ1v) is 28.6. The van der Waals surface area contributed by atoms with E-state index in [1.807, 2.05) is 13.8 Å². The highest BCUT2D eigenvalue weighted by Gasteiger charge is 2.75. The number of alkyl halides is 9. The number of carbonyl (C=O) groups is 4. The highest BCUT2D eigenvalue weighted by molar-refractivity contribution is 5.84. The van der Waals surface area contributed by atoms with Gasteiger partial charge in [0.2, 0.25) is 0 Å². The van der Waals surface area contributed by atoms with Crippen LogP contribution in [0.5, 0.6) is 0 Å². The molecule has 78 heavy (non-hydrogen) atoms. The van der Waals surface area contributed by atoms with Crippen LogP contribution in [0.3, 0.4) is 0 Å². The van der Waals surface area contributed by atoms with E-state index in [9.17, 15) is 59.8 Å². The predicted octanol–water partition coefficient (Wildman–Crippen LogP) is 13.3. The Balaban J connectivity index is 1.25. The van der Waals surface area contributed by atoms with Gasteiger partial charge in [0.25, 0.3) is 5.60 Å². The number of aliphatic hydroxyl groups is 2. The quantitative estimate of drug-likeness (QED) is 0.0717. The zero-order chi connectivity index (χ0) is 58.4. The van der Waals surface area contributed by atoms with Crippen LogP contribution in [-0.2, 0) is 38.1 Å². The number of ether oxygens (including phenoxy) is 4. The Hall–Kier alpha value is -3.34. The van der Waals surface area contributed by atoms with E-state index in [-0.39, 0.29) is 55.3 Å². The Morgan fingerprint density at radius 2 is 1.10 bits per heavy atom. The van der Waals surface area contributed by atoms with Gasteiger partial charge in [-0.3, -0.25) is 19.2 Å². The topological polar surface area (TPSA) is 169 Å². The summed E-state index contributed by atoms with van der Waals surface area (Å²) >= 11 is 0. The van der Waals surface area contributed by atoms with Crippen molar-refractivity contribution in [1.29, 1.82) is 5.26 Å². The molecule has 8 fully saturated rings. The van der Waals surface area contributed by atoms with E-state index in [1.54, 1.807) is 13.8 Å². The highest BCUT2D eigenvalue weighted by Crippen LogP contribution is 2.63. The number of rotatable bonds is 19. The van der Waals surface area contributed by atoms with Gasteiger partial charge in [-0.25, -0.2) is 0 Å². The van der Waals surface area contributed by atoms with Crippen molar-refractivity contribution in [2.75, 3.05) is 0 Å². The molecule has 20 heteroatoms. The van der Waals surface area contributed by atoms with Gasteiger partial charge in [-0.1, -0.05) is 27.7 Å². The lowest BCUT2D eigenvalue weighted by Gasteiger charge is -2.62. The summed E-state index contributed by atoms with van der Waals surface area (Å²) in [4.78, 5) is 60.7. The normalized spacial score (nSPS) is 35.0. The zero-order valence-electron chi connectivity index (χ0n) is 47.1. The van der Waals surface area contributed by atoms with Crippen molar-refractivity contribution in [3.05, 3.63) is 0 Å². The number of nitriles is 1. The molecule has 11 nitrogen and oxygen atoms in total. The number of hydrogen-bond donors (Lipinski definition) is 2. The maximum absolute atomic E-state index is 15.4. The number of hydrogen-bond acceptors (Lipinski definition) is 11. The second kappa shape index (κ2) is 21.1. The van der Waals surface area contributed by atoms with E-state index in [2.05, 4.69) is 19.9 Å². The SMILES string of the molecule is CCC1(OC(=O)C(C)(CC(C)(CC(C)(C)C(=O)OC2CC(C(C)(O)C(F)(F)F)CC(C(O)(C(F)(F)F)C(F)(F)F)C2)C(=O)OC2CC3CC2CC3C#N)CC(C)(CC)C(=O)OC2(C(C)C)C3CC4CC(C3)CC2C4)CCCC1. The van der Waals surface area contributed by atoms with E-state index in [0.717, 1.165) is 38.5 Å². The van der Waals surface area contributed by atoms with Gasteiger partial charge in [0.05, 0.1) is 27.7 Å². The molecule has 8 saturated carbocycles. The Bertz CT molecular complexity index is 2240. The van der Waals surface area contributed by atoms with Crippen molar-refractivity contribution in [2.24, 2.45) is 80.8 Å². The summed E-state index contributed by atoms with van der Waals surface area (Å²) in [6.07, 6.45) is -17.0. The van der Waals surface area contributed by atoms with E-state index in [1.165, 1.54) is 27.2 Å². The predicted molar refractivity (Wildman–Crippen MR) is 265 cm³/mol. The fourth-order valence-corrected chi connectivity index (χ4v) is 17.0. The van der Waals surface area contributed by atoms with Gasteiger partial charge in [-0.2, -0.15) is 44.8 Å². The van der Waals surface area contributed by atoms with Crippen LogP contribution in [-0.4, -0.2) is 87.2 Å². The van der Waals surface area contributed by atoms with Crippen LogP contribution >= 0.6 is 0 Å². The van der Waals surface area contributed by atoms with Crippen LogP contribution in [0.2, 0.25) is 0 Å². The monoisotopic (exact) mass is 1130 g/mol. The summed E-state index contributed by atoms with van der Waals surface area (Å²) in [5.41, 5.74) is -18.1. The van der Waals surface area contributed by atoms with Crippen molar-refractivity contribution in [3.8, 4) is 6.07 Å². The van der Waals surface area contributed by atoms with Crippen LogP contribution in [0, 0.1) is 92.2 Å². The number of carbonyl (C=O) groups excluding carboxylic acids is 4. The van der Waals surface area contributed by atoms with Crippen molar-refractivity contribution in [2.45, 2.75) is 251 Å². The van der Waals surface area contributed by atoms with Gasteiger partial charge in [0, 0.05) is 17.8 Å². The molecule has 0 saturated heterocycles. The minimum atomic E-state index is -6.47. The van der Waals surface area contributed by atoms with E-state index < -0.39 is 143 Å². The van der Waals surface area contributed by atoms with Crippen LogP contribution in [0.15, 0.2) is 0 Å². The smallest absolute Gasteiger partial charge is 0.426 e. The van der Waals surface area contributed by atoms with Crippen LogP contribution in [0.4, 0.5) is 39.5 Å². The third kappa shape index (κ3) is 11.2. The molecule has 0 aromatic rings. The van der Waals surface area contributed by atoms with E-state index in [0.29, 0.717) is 50.4 Å². The average molecular weight is 1130 g/mol. The second-order valence-corrected chi connectivity index (χ2v) is 27.7. The van der Waals surface area contributed by atoms with Crippen molar-refractivity contribution >= 4 is 23.9 Å². The molecule has 0 aromatic heterocycles. The molecule has 0 radical (unpaired) electrons. The van der Waals surface area contributed by atoms with Gasteiger partial charge in [0.15, 0.2) is 5.60 Å². The van der Waals surface area contributed by atoms with Gasteiger partial charge >= 0.3 is 42.4 Å². The maximum atomic E-state index is 15.4. The molecular weight excluding hydrogens is 1040 g/mol. The first kappa shape index (κ1) is 62.3. The Morgan fingerprint density at radius 1 is 0.590 bits per heavy atom. The molecule has 2 N–H and O–H groups in total. The average Bonchev–Trinajstić information content (AvgIpc) is 4.11. The number of fused-ring (bicyclic) bond motifs is 2. The molecular formula is C58H84F9NO10. The highest BCUT2D eigenvalue weighted by atomic mass is 19.4. The Morgan fingerprint density at radius 3 is 1.56 bits per heavy atom. The van der Waals surface area contributed by atoms with Crippen LogP contribution in [0.25, 0.3) is 0 Å². The Labute approximate surface area is 453 Å². The molecule has 0 heterocycles. The van der Waals surface area contributed by atoms with Gasteiger partial charge in [-0.15, -0.1) is 0 Å². The molecule has 8 aliphatic rings. The lowest BCUT2D eigenvalue weighted by Crippen LogP contribution is -2.64. The molecule has 8 aliphatic carbocycles. The fourth-order valence-electron chi connectivity index (χ4n) is 17.0. The molecule has 0 aliphatic heterocycles. The standard InChI is InChI=1S/C58H84F9NO10/c1-11-49(7,46(71)78-54(32(3)4)39-18-33-17-34(20-39)21-40(54)19-33)30-51(9,47(72)77-53(12-2)15-13-14-16-53)31-50(8,45(70)76-43-24-35-22-36(43)23-37(35)28-68)29-48(5,6)44(69)75-42-26-38(52(10,73)56(59,60)61)25-41(27-42)55(74,57(62,63)64)58(65,66)67/h32-43,73-74H,11-27,29-31H2,1-10H3. The van der Waals surface area contributed by atoms with Crippen LogP contribution < -0.4 is 0 Å². The summed E-state index contributed by atoms with van der Waals surface area (Å²) in [5, 5.41) is 31.0. The lowest BCUT2D eigenvalue weighted by atomic mass is 9.47. The molecule has 0 spiro atoms. The van der Waals surface area contributed by atoms with Gasteiger partial charge in [0.1, 0.15) is 23.4 Å². The molecule has 0 aromatic carbocycles. The van der Waals surface area contributed by atoms with E-state index >= 15 is 14.4 Å². The lowest BCUT2D eigenvalue weighted by molar-refractivity contribution is -0.391. The summed E-state index contributed by atoms with van der Waals surface area (Å²) in [6.45, 7) is 15.4. The van der Waals surface area contributed by atoms with Gasteiger partial charge < -0.3 is 29.2 Å². The molecule has 11 unspecified atom stereocenters. The minimum Gasteiger partial charge on any atom is -0.462 e. The number of nitrogens with zero attached hydrogens (tertiary/aromatic N) is 1. The van der Waals surface area contributed by atoms with Crippen molar-refractivity contribution in [1.82, 2.24) is 0 Å². The zero-order valence-corrected chi connectivity index (χ0v) is 47.1. The third-order valence-corrected chi connectivity index (χ3v) is 21.2. The third-order valence-electron chi connectivity index (χ3n) is 21.2. The molecule has 8 rings (SSSR count). The van der Waals surface area contributed by atoms with Crippen LogP contribution in [0.1, 0.15) is 198 Å². The first-order chi connectivity index (χ1) is 35.7. The summed E-state index contributed by atoms with van der Waals surface area (Å²) < 4.78 is 155.